The summed E-state index contributed by atoms with van der Waals surface area (Å²) < 4.78 is 0. The number of amides is 3. The fraction of sp³-hybridized carbons (Fsp3) is 0.152. The third-order valence-corrected chi connectivity index (χ3v) is 8.41. The Balaban J connectivity index is 1.41. The summed E-state index contributed by atoms with van der Waals surface area (Å²) in [6.07, 6.45) is 1.69. The summed E-state index contributed by atoms with van der Waals surface area (Å²) in [5.74, 6) is -2.31. The van der Waals surface area contributed by atoms with Crippen LogP contribution in [0.2, 0.25) is 0 Å². The Morgan fingerprint density at radius 2 is 1.46 bits per heavy atom. The van der Waals surface area contributed by atoms with Gasteiger partial charge in [-0.25, -0.2) is 10.3 Å². The maximum absolute atomic E-state index is 14.3. The van der Waals surface area contributed by atoms with E-state index in [0.717, 1.165) is 27.8 Å². The molecule has 4 aromatic carbocycles. The second-order valence-corrected chi connectivity index (χ2v) is 10.4. The van der Waals surface area contributed by atoms with Crippen LogP contribution in [0.1, 0.15) is 44.1 Å². The van der Waals surface area contributed by atoms with Crippen LogP contribution in [-0.2, 0) is 15.0 Å². The topological polar surface area (TPSA) is 78.8 Å². The zero-order chi connectivity index (χ0) is 26.7. The third-order valence-electron chi connectivity index (χ3n) is 8.41. The van der Waals surface area contributed by atoms with Crippen molar-refractivity contribution in [3.05, 3.63) is 137 Å². The van der Waals surface area contributed by atoms with Gasteiger partial charge in [0.2, 0.25) is 11.8 Å². The normalized spacial score (nSPS) is 24.4. The van der Waals surface area contributed by atoms with Gasteiger partial charge < -0.3 is 0 Å². The van der Waals surface area contributed by atoms with E-state index in [0.29, 0.717) is 11.3 Å². The molecule has 2 bridgehead atoms. The standard InChI is InChI=1S/C33H25N3O3/c1-20-10-9-11-21(18-20)30(37)35-34-19-33-25-16-7-5-14-23(25)27(24-15-6-8-17-26(24)33)28-29(33)32(39)36(31(28)38)22-12-3-2-4-13-22/h2-19,27-29H,1H3,(H,35,37)/b34-19-/t27?,28-,29+,33?/m0/s1. The molecular weight excluding hydrogens is 486 g/mol. The molecule has 0 unspecified atom stereocenters. The summed E-state index contributed by atoms with van der Waals surface area (Å²) in [7, 11) is 0. The van der Waals surface area contributed by atoms with Gasteiger partial charge in [0.1, 0.15) is 0 Å². The molecule has 8 rings (SSSR count). The highest BCUT2D eigenvalue weighted by molar-refractivity contribution is 6.25. The predicted octanol–water partition coefficient (Wildman–Crippen LogP) is 4.96. The molecule has 1 heterocycles. The van der Waals surface area contributed by atoms with Crippen LogP contribution in [-0.4, -0.2) is 23.9 Å². The smallest absolute Gasteiger partial charge is 0.271 e. The molecule has 4 aliphatic rings. The Morgan fingerprint density at radius 1 is 0.821 bits per heavy atom. The van der Waals surface area contributed by atoms with Gasteiger partial charge in [0.15, 0.2) is 0 Å². The van der Waals surface area contributed by atoms with Gasteiger partial charge in [-0.1, -0.05) is 84.4 Å². The number of hydrogen-bond acceptors (Lipinski definition) is 4. The summed E-state index contributed by atoms with van der Waals surface area (Å²) in [6, 6.07) is 32.4. The number of rotatable bonds is 4. The van der Waals surface area contributed by atoms with Crippen molar-refractivity contribution in [1.29, 1.82) is 0 Å². The molecule has 3 aliphatic carbocycles. The van der Waals surface area contributed by atoms with Crippen LogP contribution in [0.5, 0.6) is 0 Å². The number of hydrazone groups is 1. The molecule has 1 N–H and O–H groups in total. The largest absolute Gasteiger partial charge is 0.274 e. The molecule has 0 radical (unpaired) electrons. The minimum absolute atomic E-state index is 0.202. The molecule has 1 fully saturated rings. The van der Waals surface area contributed by atoms with Gasteiger partial charge in [-0.2, -0.15) is 5.10 Å². The van der Waals surface area contributed by atoms with Crippen molar-refractivity contribution in [3.8, 4) is 0 Å². The molecule has 39 heavy (non-hydrogen) atoms. The minimum Gasteiger partial charge on any atom is -0.274 e. The Labute approximate surface area is 226 Å². The number of hydrogen-bond donors (Lipinski definition) is 1. The van der Waals surface area contributed by atoms with E-state index in [4.69, 9.17) is 0 Å². The van der Waals surface area contributed by atoms with Gasteiger partial charge in [0.05, 0.1) is 22.9 Å². The van der Waals surface area contributed by atoms with Gasteiger partial charge >= 0.3 is 0 Å². The average Bonchev–Trinajstić information content (AvgIpc) is 3.24. The van der Waals surface area contributed by atoms with Crippen LogP contribution in [0.15, 0.2) is 108 Å². The lowest BCUT2D eigenvalue weighted by Gasteiger charge is -2.52. The van der Waals surface area contributed by atoms with Crippen molar-refractivity contribution in [3.63, 3.8) is 0 Å². The number of para-hydroxylation sites is 1. The summed E-state index contributed by atoms with van der Waals surface area (Å²) in [6.45, 7) is 1.93. The van der Waals surface area contributed by atoms with Gasteiger partial charge in [-0.3, -0.25) is 14.4 Å². The van der Waals surface area contributed by atoms with Crippen molar-refractivity contribution >= 4 is 29.6 Å². The van der Waals surface area contributed by atoms with E-state index in [1.807, 2.05) is 85.8 Å². The molecular formula is C33H25N3O3. The first kappa shape index (κ1) is 23.3. The van der Waals surface area contributed by atoms with E-state index in [-0.39, 0.29) is 23.6 Å². The molecule has 1 saturated heterocycles. The zero-order valence-corrected chi connectivity index (χ0v) is 21.2. The van der Waals surface area contributed by atoms with Crippen LogP contribution in [0, 0.1) is 18.8 Å². The lowest BCUT2D eigenvalue weighted by molar-refractivity contribution is -0.122. The zero-order valence-electron chi connectivity index (χ0n) is 21.2. The molecule has 6 nitrogen and oxygen atoms in total. The number of benzene rings is 4. The van der Waals surface area contributed by atoms with E-state index in [1.165, 1.54) is 4.90 Å². The van der Waals surface area contributed by atoms with Crippen molar-refractivity contribution in [2.45, 2.75) is 18.3 Å². The number of carbonyl (C=O) groups excluding carboxylic acids is 3. The maximum atomic E-state index is 14.3. The monoisotopic (exact) mass is 511 g/mol. The number of aryl methyl sites for hydroxylation is 1. The van der Waals surface area contributed by atoms with E-state index >= 15 is 0 Å². The highest BCUT2D eigenvalue weighted by atomic mass is 16.2. The van der Waals surface area contributed by atoms with Crippen LogP contribution >= 0.6 is 0 Å². The molecule has 0 saturated carbocycles. The first-order valence-corrected chi connectivity index (χ1v) is 13.1. The number of carbonyl (C=O) groups is 3. The Morgan fingerprint density at radius 3 is 2.13 bits per heavy atom. The summed E-state index contributed by atoms with van der Waals surface area (Å²) in [5, 5.41) is 4.48. The number of nitrogens with one attached hydrogen (secondary N) is 1. The first-order chi connectivity index (χ1) is 19.0. The number of anilines is 1. The van der Waals surface area contributed by atoms with E-state index in [1.54, 1.807) is 30.5 Å². The van der Waals surface area contributed by atoms with Crippen LogP contribution in [0.25, 0.3) is 0 Å². The predicted molar refractivity (Wildman–Crippen MR) is 149 cm³/mol. The van der Waals surface area contributed by atoms with E-state index < -0.39 is 17.3 Å². The van der Waals surface area contributed by atoms with Crippen LogP contribution in [0.3, 0.4) is 0 Å². The minimum atomic E-state index is -1.03. The maximum Gasteiger partial charge on any atom is 0.271 e. The molecule has 2 atom stereocenters. The van der Waals surface area contributed by atoms with E-state index in [9.17, 15) is 14.4 Å². The molecule has 0 spiro atoms. The van der Waals surface area contributed by atoms with Gasteiger partial charge in [0.25, 0.3) is 5.91 Å². The first-order valence-electron chi connectivity index (χ1n) is 13.1. The average molecular weight is 512 g/mol. The van der Waals surface area contributed by atoms with Gasteiger partial charge in [0, 0.05) is 17.7 Å². The number of imide groups is 1. The van der Waals surface area contributed by atoms with Crippen molar-refractivity contribution in [2.24, 2.45) is 16.9 Å². The molecule has 6 heteroatoms. The summed E-state index contributed by atoms with van der Waals surface area (Å²) in [4.78, 5) is 42.7. The quantitative estimate of drug-likeness (QED) is 0.239. The molecule has 4 aromatic rings. The lowest BCUT2D eigenvalue weighted by atomic mass is 9.47. The lowest BCUT2D eigenvalue weighted by Crippen LogP contribution is -2.54. The second kappa shape index (κ2) is 8.60. The summed E-state index contributed by atoms with van der Waals surface area (Å²) >= 11 is 0. The SMILES string of the molecule is Cc1cccc(C(=O)N/N=C\C23c4ccccc4C(c4ccccc42)[C@@H]2C(=O)N(c4ccccc4)C(=O)[C@@H]23)c1. The Hall–Kier alpha value is -4.84. The second-order valence-electron chi connectivity index (χ2n) is 10.4. The van der Waals surface area contributed by atoms with Crippen LogP contribution < -0.4 is 10.3 Å². The molecule has 3 amide bonds. The third kappa shape index (κ3) is 3.21. The fourth-order valence-corrected chi connectivity index (χ4v) is 6.92. The Kier molecular flexibility index (Phi) is 5.13. The highest BCUT2D eigenvalue weighted by Crippen LogP contribution is 2.63. The summed E-state index contributed by atoms with van der Waals surface area (Å²) in [5.41, 5.74) is 7.61. The van der Waals surface area contributed by atoms with Crippen LogP contribution in [0.4, 0.5) is 5.69 Å². The van der Waals surface area contributed by atoms with E-state index in [2.05, 4.69) is 10.5 Å². The molecule has 1 aliphatic heterocycles. The van der Waals surface area contributed by atoms with Crippen molar-refractivity contribution < 1.29 is 14.4 Å². The van der Waals surface area contributed by atoms with Crippen molar-refractivity contribution in [2.75, 3.05) is 4.90 Å². The Bertz CT molecular complexity index is 1650. The highest BCUT2D eigenvalue weighted by Gasteiger charge is 2.68. The molecule has 0 aromatic heterocycles. The fourth-order valence-electron chi connectivity index (χ4n) is 6.92. The van der Waals surface area contributed by atoms with Gasteiger partial charge in [-0.05, 0) is 53.4 Å². The number of nitrogens with zero attached hydrogens (tertiary/aromatic N) is 2. The van der Waals surface area contributed by atoms with Gasteiger partial charge in [-0.15, -0.1) is 0 Å². The molecule has 190 valence electrons. The van der Waals surface area contributed by atoms with Crippen molar-refractivity contribution in [1.82, 2.24) is 5.43 Å².